The third-order valence-corrected chi connectivity index (χ3v) is 4.29. The van der Waals surface area contributed by atoms with Crippen LogP contribution >= 0.6 is 0 Å². The number of aryl methyl sites for hydroxylation is 1. The summed E-state index contributed by atoms with van der Waals surface area (Å²) in [7, 11) is 0. The first kappa shape index (κ1) is 16.3. The minimum Gasteiger partial charge on any atom is -0.368 e. The van der Waals surface area contributed by atoms with Gasteiger partial charge in [0, 0.05) is 6.20 Å². The first-order chi connectivity index (χ1) is 10.5. The highest BCUT2D eigenvalue weighted by molar-refractivity contribution is 5.90. The molecule has 1 unspecified atom stereocenters. The normalized spacial score (nSPS) is 17.7. The molecular weight excluding hydrogens is 280 g/mol. The van der Waals surface area contributed by atoms with Crippen LogP contribution in [0.2, 0.25) is 0 Å². The highest BCUT2D eigenvalue weighted by Gasteiger charge is 2.41. The summed E-state index contributed by atoms with van der Waals surface area (Å²) in [4.78, 5) is 28.3. The summed E-state index contributed by atoms with van der Waals surface area (Å²) in [6, 6.07) is 3.31. The van der Waals surface area contributed by atoms with E-state index in [-0.39, 0.29) is 12.1 Å². The van der Waals surface area contributed by atoms with Crippen molar-refractivity contribution in [3.63, 3.8) is 0 Å². The van der Waals surface area contributed by atoms with Crippen LogP contribution in [0.3, 0.4) is 0 Å². The Bertz CT molecular complexity index is 553. The van der Waals surface area contributed by atoms with Gasteiger partial charge in [0.25, 0.3) is 0 Å². The molecule has 0 radical (unpaired) electrons. The van der Waals surface area contributed by atoms with Crippen molar-refractivity contribution in [1.29, 1.82) is 0 Å². The Balaban J connectivity index is 2.05. The van der Waals surface area contributed by atoms with Gasteiger partial charge in [-0.15, -0.1) is 0 Å². The lowest BCUT2D eigenvalue weighted by atomic mass is 9.97. The predicted molar refractivity (Wildman–Crippen MR) is 84.1 cm³/mol. The fraction of sp³-hybridized carbons (Fsp3) is 0.562. The SMILES string of the molecule is CCC(NC(=O)NC1(C(N)=O)CCCC1)c1cc(C)ccn1. The maximum Gasteiger partial charge on any atom is 0.316 e. The number of carbonyl (C=O) groups excluding carboxylic acids is 2. The molecule has 6 nitrogen and oxygen atoms in total. The second-order valence-corrected chi connectivity index (χ2v) is 5.97. The second kappa shape index (κ2) is 6.77. The van der Waals surface area contributed by atoms with Crippen molar-refractivity contribution in [2.45, 2.75) is 57.5 Å². The van der Waals surface area contributed by atoms with E-state index in [1.807, 2.05) is 26.0 Å². The Labute approximate surface area is 130 Å². The van der Waals surface area contributed by atoms with Crippen LogP contribution in [0.15, 0.2) is 18.3 Å². The van der Waals surface area contributed by atoms with E-state index in [2.05, 4.69) is 15.6 Å². The highest BCUT2D eigenvalue weighted by atomic mass is 16.2. The molecule has 6 heteroatoms. The van der Waals surface area contributed by atoms with Crippen molar-refractivity contribution in [2.24, 2.45) is 5.73 Å². The standard InChI is InChI=1S/C16H24N4O2/c1-3-12(13-10-11(2)6-9-18-13)19-15(22)20-16(14(17)21)7-4-5-8-16/h6,9-10,12H,3-5,7-8H2,1-2H3,(H2,17,21)(H2,19,20,22). The van der Waals surface area contributed by atoms with Crippen molar-refractivity contribution in [1.82, 2.24) is 15.6 Å². The van der Waals surface area contributed by atoms with Gasteiger partial charge in [0.2, 0.25) is 5.91 Å². The third kappa shape index (κ3) is 3.55. The van der Waals surface area contributed by atoms with E-state index in [1.54, 1.807) is 6.20 Å². The molecule has 1 heterocycles. The molecule has 0 aliphatic heterocycles. The fourth-order valence-corrected chi connectivity index (χ4v) is 2.96. The number of hydrogen-bond donors (Lipinski definition) is 3. The molecule has 0 spiro atoms. The summed E-state index contributed by atoms with van der Waals surface area (Å²) >= 11 is 0. The van der Waals surface area contributed by atoms with E-state index in [9.17, 15) is 9.59 Å². The van der Waals surface area contributed by atoms with Gasteiger partial charge in [-0.05, 0) is 43.9 Å². The van der Waals surface area contributed by atoms with Gasteiger partial charge in [-0.3, -0.25) is 9.78 Å². The number of nitrogens with one attached hydrogen (secondary N) is 2. The van der Waals surface area contributed by atoms with Gasteiger partial charge in [-0.1, -0.05) is 19.8 Å². The number of hydrogen-bond acceptors (Lipinski definition) is 3. The van der Waals surface area contributed by atoms with Crippen molar-refractivity contribution in [3.8, 4) is 0 Å². The number of pyridine rings is 1. The monoisotopic (exact) mass is 304 g/mol. The van der Waals surface area contributed by atoms with E-state index in [1.165, 1.54) is 0 Å². The van der Waals surface area contributed by atoms with Crippen LogP contribution in [0, 0.1) is 6.92 Å². The number of carbonyl (C=O) groups is 2. The van der Waals surface area contributed by atoms with Crippen molar-refractivity contribution >= 4 is 11.9 Å². The summed E-state index contributed by atoms with van der Waals surface area (Å²) in [5.74, 6) is -0.457. The molecule has 120 valence electrons. The van der Waals surface area contributed by atoms with Crippen molar-refractivity contribution in [2.75, 3.05) is 0 Å². The van der Waals surface area contributed by atoms with Crippen LogP contribution in [0.25, 0.3) is 0 Å². The Hall–Kier alpha value is -2.11. The molecule has 2 rings (SSSR count). The van der Waals surface area contributed by atoms with E-state index in [4.69, 9.17) is 5.73 Å². The van der Waals surface area contributed by atoms with E-state index >= 15 is 0 Å². The number of aromatic nitrogens is 1. The Morgan fingerprint density at radius 1 is 1.41 bits per heavy atom. The molecule has 0 aromatic carbocycles. The lowest BCUT2D eigenvalue weighted by molar-refractivity contribution is -0.123. The van der Waals surface area contributed by atoms with Crippen LogP contribution < -0.4 is 16.4 Å². The van der Waals surface area contributed by atoms with Crippen LogP contribution in [-0.4, -0.2) is 22.5 Å². The predicted octanol–water partition coefficient (Wildman–Crippen LogP) is 1.94. The quantitative estimate of drug-likeness (QED) is 0.775. The molecular formula is C16H24N4O2. The Kier molecular flexibility index (Phi) is 5.00. The van der Waals surface area contributed by atoms with Gasteiger partial charge in [-0.2, -0.15) is 0 Å². The maximum atomic E-state index is 12.3. The number of amides is 3. The minimum atomic E-state index is -0.900. The Morgan fingerprint density at radius 2 is 2.09 bits per heavy atom. The number of primary amides is 1. The first-order valence-electron chi connectivity index (χ1n) is 7.78. The Morgan fingerprint density at radius 3 is 2.64 bits per heavy atom. The van der Waals surface area contributed by atoms with Gasteiger partial charge in [0.05, 0.1) is 11.7 Å². The number of nitrogens with two attached hydrogens (primary N) is 1. The molecule has 1 aromatic heterocycles. The largest absolute Gasteiger partial charge is 0.368 e. The van der Waals surface area contributed by atoms with Crippen molar-refractivity contribution < 1.29 is 9.59 Å². The molecule has 3 amide bonds. The van der Waals surface area contributed by atoms with Gasteiger partial charge in [-0.25, -0.2) is 4.79 Å². The topological polar surface area (TPSA) is 97.1 Å². The zero-order valence-electron chi connectivity index (χ0n) is 13.2. The minimum absolute atomic E-state index is 0.189. The van der Waals surface area contributed by atoms with Gasteiger partial charge >= 0.3 is 6.03 Å². The van der Waals surface area contributed by atoms with Crippen LogP contribution in [0.1, 0.15) is 56.3 Å². The average Bonchev–Trinajstić information content (AvgIpc) is 2.94. The lowest BCUT2D eigenvalue weighted by Gasteiger charge is -2.28. The van der Waals surface area contributed by atoms with Crippen LogP contribution in [-0.2, 0) is 4.79 Å². The molecule has 1 saturated carbocycles. The molecule has 1 aromatic rings. The van der Waals surface area contributed by atoms with E-state index in [0.717, 1.165) is 24.1 Å². The zero-order chi connectivity index (χ0) is 16.2. The molecule has 22 heavy (non-hydrogen) atoms. The molecule has 0 saturated heterocycles. The molecule has 1 fully saturated rings. The fourth-order valence-electron chi connectivity index (χ4n) is 2.96. The number of urea groups is 1. The van der Waals surface area contributed by atoms with Crippen LogP contribution in [0.5, 0.6) is 0 Å². The summed E-state index contributed by atoms with van der Waals surface area (Å²) in [5, 5.41) is 5.69. The maximum absolute atomic E-state index is 12.3. The lowest BCUT2D eigenvalue weighted by Crippen LogP contribution is -2.58. The zero-order valence-corrected chi connectivity index (χ0v) is 13.2. The second-order valence-electron chi connectivity index (χ2n) is 5.97. The molecule has 1 atom stereocenters. The molecule has 1 aliphatic carbocycles. The van der Waals surface area contributed by atoms with Crippen molar-refractivity contribution in [3.05, 3.63) is 29.6 Å². The van der Waals surface area contributed by atoms with E-state index < -0.39 is 11.4 Å². The molecule has 1 aliphatic rings. The highest BCUT2D eigenvalue weighted by Crippen LogP contribution is 2.29. The number of nitrogens with zero attached hydrogens (tertiary/aromatic N) is 1. The third-order valence-electron chi connectivity index (χ3n) is 4.29. The smallest absolute Gasteiger partial charge is 0.316 e. The van der Waals surface area contributed by atoms with Gasteiger partial charge in [0.15, 0.2) is 0 Å². The van der Waals surface area contributed by atoms with Gasteiger partial charge in [0.1, 0.15) is 5.54 Å². The number of rotatable bonds is 5. The molecule has 4 N–H and O–H groups in total. The summed E-state index contributed by atoms with van der Waals surface area (Å²) in [6.45, 7) is 3.97. The summed E-state index contributed by atoms with van der Waals surface area (Å²) in [5.41, 5.74) is 6.49. The van der Waals surface area contributed by atoms with E-state index in [0.29, 0.717) is 19.3 Å². The average molecular weight is 304 g/mol. The first-order valence-corrected chi connectivity index (χ1v) is 7.78. The summed E-state index contributed by atoms with van der Waals surface area (Å²) < 4.78 is 0. The van der Waals surface area contributed by atoms with Gasteiger partial charge < -0.3 is 16.4 Å². The summed E-state index contributed by atoms with van der Waals surface area (Å²) in [6.07, 6.45) is 5.46. The van der Waals surface area contributed by atoms with Crippen LogP contribution in [0.4, 0.5) is 4.79 Å². The molecule has 0 bridgehead atoms.